The number of hydrogen-bond acceptors (Lipinski definition) is 5. The Morgan fingerprint density at radius 1 is 1.29 bits per heavy atom. The van der Waals surface area contributed by atoms with E-state index < -0.39 is 29.4 Å². The number of imide groups is 1. The van der Waals surface area contributed by atoms with Gasteiger partial charge < -0.3 is 10.1 Å². The lowest BCUT2D eigenvalue weighted by atomic mass is 10.2. The SMILES string of the molecule is COc1ccc(Cl)cc1/C=C1/SC(=O)N(CC(=O)Nc2cccc(F)c2)C1=O. The number of ether oxygens (including phenoxy) is 1. The Hall–Kier alpha value is -2.84. The van der Waals surface area contributed by atoms with E-state index in [0.29, 0.717) is 28.1 Å². The van der Waals surface area contributed by atoms with Crippen molar-refractivity contribution in [2.75, 3.05) is 19.0 Å². The predicted octanol–water partition coefficient (Wildman–Crippen LogP) is 4.16. The fourth-order valence-corrected chi connectivity index (χ4v) is 3.52. The van der Waals surface area contributed by atoms with Crippen molar-refractivity contribution in [2.24, 2.45) is 0 Å². The summed E-state index contributed by atoms with van der Waals surface area (Å²) in [5.74, 6) is -1.25. The number of rotatable bonds is 5. The van der Waals surface area contributed by atoms with Crippen molar-refractivity contribution in [1.82, 2.24) is 4.90 Å². The second-order valence-corrected chi connectivity index (χ2v) is 7.14. The molecule has 2 aromatic rings. The molecule has 1 saturated heterocycles. The van der Waals surface area contributed by atoms with Crippen molar-refractivity contribution in [3.63, 3.8) is 0 Å². The van der Waals surface area contributed by atoms with Gasteiger partial charge in [-0.3, -0.25) is 19.3 Å². The van der Waals surface area contributed by atoms with Gasteiger partial charge in [0.05, 0.1) is 12.0 Å². The first-order valence-corrected chi connectivity index (χ1v) is 9.21. The van der Waals surface area contributed by atoms with Gasteiger partial charge in [-0.05, 0) is 54.2 Å². The molecule has 0 unspecified atom stereocenters. The Morgan fingerprint density at radius 2 is 2.07 bits per heavy atom. The summed E-state index contributed by atoms with van der Waals surface area (Å²) in [6, 6.07) is 10.2. The number of benzene rings is 2. The van der Waals surface area contributed by atoms with E-state index in [2.05, 4.69) is 5.32 Å². The van der Waals surface area contributed by atoms with Crippen molar-refractivity contribution < 1.29 is 23.5 Å². The maximum absolute atomic E-state index is 13.2. The molecule has 0 saturated carbocycles. The Morgan fingerprint density at radius 3 is 2.79 bits per heavy atom. The zero-order chi connectivity index (χ0) is 20.3. The molecule has 144 valence electrons. The number of halogens is 2. The average Bonchev–Trinajstić information content (AvgIpc) is 2.89. The van der Waals surface area contributed by atoms with Crippen LogP contribution in [0.4, 0.5) is 14.9 Å². The van der Waals surface area contributed by atoms with Gasteiger partial charge in [-0.15, -0.1) is 0 Å². The van der Waals surface area contributed by atoms with Gasteiger partial charge in [-0.25, -0.2) is 4.39 Å². The average molecular weight is 421 g/mol. The van der Waals surface area contributed by atoms with Crippen LogP contribution in [-0.4, -0.2) is 35.6 Å². The topological polar surface area (TPSA) is 75.7 Å². The lowest BCUT2D eigenvalue weighted by molar-refractivity contribution is -0.127. The molecule has 3 amide bonds. The number of hydrogen-bond donors (Lipinski definition) is 1. The summed E-state index contributed by atoms with van der Waals surface area (Å²) >= 11 is 6.69. The molecule has 2 aromatic carbocycles. The van der Waals surface area contributed by atoms with Crippen LogP contribution in [0.5, 0.6) is 5.75 Å². The van der Waals surface area contributed by atoms with Gasteiger partial charge in [0.15, 0.2) is 0 Å². The first kappa shape index (κ1) is 19.9. The van der Waals surface area contributed by atoms with E-state index in [9.17, 15) is 18.8 Å². The van der Waals surface area contributed by atoms with Crippen LogP contribution < -0.4 is 10.1 Å². The van der Waals surface area contributed by atoms with Crippen LogP contribution in [0.3, 0.4) is 0 Å². The molecule has 1 fully saturated rings. The van der Waals surface area contributed by atoms with Crippen LogP contribution >= 0.6 is 23.4 Å². The summed E-state index contributed by atoms with van der Waals surface area (Å²) in [6.07, 6.45) is 1.49. The van der Waals surface area contributed by atoms with Gasteiger partial charge in [0.2, 0.25) is 5.91 Å². The van der Waals surface area contributed by atoms with E-state index >= 15 is 0 Å². The molecule has 1 heterocycles. The van der Waals surface area contributed by atoms with Gasteiger partial charge in [0.25, 0.3) is 11.1 Å². The number of carbonyl (C=O) groups is 3. The smallest absolute Gasteiger partial charge is 0.294 e. The number of nitrogens with one attached hydrogen (secondary N) is 1. The zero-order valence-electron chi connectivity index (χ0n) is 14.6. The van der Waals surface area contributed by atoms with Crippen LogP contribution in [0.1, 0.15) is 5.56 Å². The summed E-state index contributed by atoms with van der Waals surface area (Å²) in [7, 11) is 1.48. The van der Waals surface area contributed by atoms with Crippen LogP contribution in [-0.2, 0) is 9.59 Å². The fourth-order valence-electron chi connectivity index (χ4n) is 2.51. The molecule has 0 radical (unpaired) electrons. The fraction of sp³-hybridized carbons (Fsp3) is 0.105. The summed E-state index contributed by atoms with van der Waals surface area (Å²) in [5.41, 5.74) is 0.765. The second-order valence-electron chi connectivity index (χ2n) is 5.71. The summed E-state index contributed by atoms with van der Waals surface area (Å²) in [4.78, 5) is 37.8. The first-order valence-electron chi connectivity index (χ1n) is 8.01. The third kappa shape index (κ3) is 4.52. The highest BCUT2D eigenvalue weighted by molar-refractivity contribution is 8.18. The van der Waals surface area contributed by atoms with Crippen LogP contribution in [0, 0.1) is 5.82 Å². The quantitative estimate of drug-likeness (QED) is 0.735. The molecule has 0 aliphatic carbocycles. The highest BCUT2D eigenvalue weighted by atomic mass is 35.5. The normalized spacial score (nSPS) is 15.2. The molecule has 0 bridgehead atoms. The Kier molecular flexibility index (Phi) is 6.01. The molecular formula is C19H14ClFN2O4S. The minimum atomic E-state index is -0.616. The van der Waals surface area contributed by atoms with Crippen LogP contribution in [0.2, 0.25) is 5.02 Å². The van der Waals surface area contributed by atoms with E-state index in [1.54, 1.807) is 18.2 Å². The van der Waals surface area contributed by atoms with Gasteiger partial charge in [-0.1, -0.05) is 17.7 Å². The molecule has 1 aliphatic heterocycles. The Balaban J connectivity index is 1.75. The molecule has 0 atom stereocenters. The number of carbonyl (C=O) groups excluding carboxylic acids is 3. The standard InChI is InChI=1S/C19H14ClFN2O4S/c1-27-15-6-5-12(20)7-11(15)8-16-18(25)23(19(26)28-16)10-17(24)22-14-4-2-3-13(21)9-14/h2-9H,10H2,1H3,(H,22,24)/b16-8+. The molecule has 0 aromatic heterocycles. The summed E-state index contributed by atoms with van der Waals surface area (Å²) in [6.45, 7) is -0.481. The van der Waals surface area contributed by atoms with Crippen LogP contribution in [0.15, 0.2) is 47.4 Å². The molecule has 1 aliphatic rings. The van der Waals surface area contributed by atoms with Crippen LogP contribution in [0.25, 0.3) is 6.08 Å². The van der Waals surface area contributed by atoms with Gasteiger partial charge in [0, 0.05) is 16.3 Å². The Labute approximate surface area is 169 Å². The number of nitrogens with zero attached hydrogens (tertiary/aromatic N) is 1. The van der Waals surface area contributed by atoms with E-state index in [0.717, 1.165) is 11.0 Å². The van der Waals surface area contributed by atoms with E-state index in [1.165, 1.54) is 31.4 Å². The maximum Gasteiger partial charge on any atom is 0.294 e. The first-order chi connectivity index (χ1) is 13.4. The van der Waals surface area contributed by atoms with Crippen molar-refractivity contribution in [3.8, 4) is 5.75 Å². The zero-order valence-corrected chi connectivity index (χ0v) is 16.1. The van der Waals surface area contributed by atoms with E-state index in [4.69, 9.17) is 16.3 Å². The van der Waals surface area contributed by atoms with Gasteiger partial charge in [0.1, 0.15) is 18.1 Å². The number of anilines is 1. The molecular weight excluding hydrogens is 407 g/mol. The number of methoxy groups -OCH3 is 1. The molecule has 6 nitrogen and oxygen atoms in total. The molecule has 0 spiro atoms. The monoisotopic (exact) mass is 420 g/mol. The highest BCUT2D eigenvalue weighted by Gasteiger charge is 2.36. The lowest BCUT2D eigenvalue weighted by Gasteiger charge is -2.12. The predicted molar refractivity (Wildman–Crippen MR) is 106 cm³/mol. The minimum Gasteiger partial charge on any atom is -0.496 e. The Bertz CT molecular complexity index is 996. The maximum atomic E-state index is 13.2. The molecule has 9 heteroatoms. The number of amides is 3. The number of thioether (sulfide) groups is 1. The summed E-state index contributed by atoms with van der Waals surface area (Å²) in [5, 5.41) is 2.32. The second kappa shape index (κ2) is 8.45. The molecule has 3 rings (SSSR count). The van der Waals surface area contributed by atoms with E-state index in [1.807, 2.05) is 0 Å². The largest absolute Gasteiger partial charge is 0.496 e. The van der Waals surface area contributed by atoms with Gasteiger partial charge >= 0.3 is 0 Å². The highest BCUT2D eigenvalue weighted by Crippen LogP contribution is 2.34. The third-order valence-corrected chi connectivity index (χ3v) is 4.90. The summed E-state index contributed by atoms with van der Waals surface area (Å²) < 4.78 is 18.4. The van der Waals surface area contributed by atoms with E-state index in [-0.39, 0.29) is 10.6 Å². The molecule has 28 heavy (non-hydrogen) atoms. The van der Waals surface area contributed by atoms with Gasteiger partial charge in [-0.2, -0.15) is 0 Å². The lowest BCUT2D eigenvalue weighted by Crippen LogP contribution is -2.36. The third-order valence-electron chi connectivity index (χ3n) is 3.76. The van der Waals surface area contributed by atoms with Crippen molar-refractivity contribution in [2.45, 2.75) is 0 Å². The van der Waals surface area contributed by atoms with Crippen molar-refractivity contribution in [1.29, 1.82) is 0 Å². The minimum absolute atomic E-state index is 0.143. The van der Waals surface area contributed by atoms with Crippen molar-refractivity contribution >= 4 is 52.2 Å². The molecule has 1 N–H and O–H groups in total. The van der Waals surface area contributed by atoms with Crippen molar-refractivity contribution in [3.05, 3.63) is 63.8 Å².